The van der Waals surface area contributed by atoms with E-state index < -0.39 is 11.7 Å². The summed E-state index contributed by atoms with van der Waals surface area (Å²) in [7, 11) is 0. The molecule has 0 fully saturated rings. The minimum Gasteiger partial charge on any atom is -0.393 e. The summed E-state index contributed by atoms with van der Waals surface area (Å²) in [5, 5.41) is 17.8. The molecule has 1 atom stereocenters. The largest absolute Gasteiger partial charge is 0.393 e. The molecule has 140 valence electrons. The van der Waals surface area contributed by atoms with Gasteiger partial charge in [0.25, 0.3) is 0 Å². The number of hydrogen-bond acceptors (Lipinski definition) is 6. The van der Waals surface area contributed by atoms with Gasteiger partial charge in [-0.2, -0.15) is 0 Å². The van der Waals surface area contributed by atoms with Crippen LogP contribution in [0.1, 0.15) is 23.7 Å². The van der Waals surface area contributed by atoms with Gasteiger partial charge in [-0.15, -0.1) is 5.10 Å². The Bertz CT molecular complexity index is 916. The molecule has 0 saturated heterocycles. The summed E-state index contributed by atoms with van der Waals surface area (Å²) >= 11 is 5.83. The van der Waals surface area contributed by atoms with Crippen LogP contribution in [0.3, 0.4) is 0 Å². The predicted molar refractivity (Wildman–Crippen MR) is 103 cm³/mol. The number of benzene rings is 1. The van der Waals surface area contributed by atoms with E-state index in [0.717, 1.165) is 16.0 Å². The van der Waals surface area contributed by atoms with Gasteiger partial charge in [-0.1, -0.05) is 34.6 Å². The fraction of sp³-hybridized carbons (Fsp3) is 0.211. The lowest BCUT2D eigenvalue weighted by Crippen LogP contribution is -2.30. The maximum absolute atomic E-state index is 12.1. The number of anilines is 1. The number of aliphatic hydroxyl groups excluding tert-OH is 1. The maximum Gasteiger partial charge on any atom is 0.305 e. The van der Waals surface area contributed by atoms with Crippen LogP contribution in [0.25, 0.3) is 0 Å². The van der Waals surface area contributed by atoms with Gasteiger partial charge < -0.3 is 15.3 Å². The quantitative estimate of drug-likeness (QED) is 0.618. The van der Waals surface area contributed by atoms with Crippen molar-refractivity contribution in [1.82, 2.24) is 14.9 Å². The summed E-state index contributed by atoms with van der Waals surface area (Å²) < 4.78 is 0. The molecule has 0 saturated carbocycles. The van der Waals surface area contributed by atoms with Crippen molar-refractivity contribution in [2.24, 2.45) is 0 Å². The second-order valence-electron chi connectivity index (χ2n) is 5.86. The molecule has 0 aliphatic rings. The van der Waals surface area contributed by atoms with Gasteiger partial charge in [0.05, 0.1) is 18.0 Å². The Balaban J connectivity index is 1.50. The fourth-order valence-corrected chi connectivity index (χ4v) is 2.53. The zero-order valence-electron chi connectivity index (χ0n) is 14.5. The molecule has 3 aromatic rings. The SMILES string of the molecule is O=c1cc(NCc2cccnc2)cnn1OCCC(O)c1ccc(Cl)cc1. The van der Waals surface area contributed by atoms with Crippen LogP contribution in [0.2, 0.25) is 5.02 Å². The molecule has 0 bridgehead atoms. The Morgan fingerprint density at radius 2 is 2.04 bits per heavy atom. The highest BCUT2D eigenvalue weighted by Crippen LogP contribution is 2.18. The van der Waals surface area contributed by atoms with Gasteiger partial charge in [0, 0.05) is 36.4 Å². The van der Waals surface area contributed by atoms with E-state index in [1.807, 2.05) is 12.1 Å². The van der Waals surface area contributed by atoms with Gasteiger partial charge in [-0.3, -0.25) is 9.78 Å². The van der Waals surface area contributed by atoms with Crippen molar-refractivity contribution in [3.63, 3.8) is 0 Å². The second kappa shape index (κ2) is 9.16. The Morgan fingerprint density at radius 1 is 1.22 bits per heavy atom. The van der Waals surface area contributed by atoms with Crippen LogP contribution in [0.15, 0.2) is 65.8 Å². The van der Waals surface area contributed by atoms with Crippen molar-refractivity contribution >= 4 is 17.3 Å². The zero-order chi connectivity index (χ0) is 19.1. The first-order valence-electron chi connectivity index (χ1n) is 8.41. The summed E-state index contributed by atoms with van der Waals surface area (Å²) in [6.45, 7) is 0.673. The van der Waals surface area contributed by atoms with E-state index in [4.69, 9.17) is 16.4 Å². The first kappa shape index (κ1) is 18.9. The van der Waals surface area contributed by atoms with Gasteiger partial charge >= 0.3 is 5.56 Å². The van der Waals surface area contributed by atoms with Gasteiger partial charge in [0.1, 0.15) is 6.61 Å². The summed E-state index contributed by atoms with van der Waals surface area (Å²) in [4.78, 5) is 22.4. The number of rotatable bonds is 8. The lowest BCUT2D eigenvalue weighted by molar-refractivity contribution is 0.0430. The van der Waals surface area contributed by atoms with Gasteiger partial charge in [-0.05, 0) is 29.3 Å². The Kier molecular flexibility index (Phi) is 6.40. The van der Waals surface area contributed by atoms with Gasteiger partial charge in [-0.25, -0.2) is 0 Å². The first-order valence-corrected chi connectivity index (χ1v) is 8.78. The van der Waals surface area contributed by atoms with E-state index in [-0.39, 0.29) is 6.61 Å². The minimum absolute atomic E-state index is 0.138. The highest BCUT2D eigenvalue weighted by molar-refractivity contribution is 6.30. The van der Waals surface area contributed by atoms with Crippen LogP contribution in [0.4, 0.5) is 5.69 Å². The molecule has 2 aromatic heterocycles. The molecule has 0 aliphatic carbocycles. The number of aromatic nitrogens is 3. The van der Waals surface area contributed by atoms with E-state index in [9.17, 15) is 9.90 Å². The number of halogens is 1. The van der Waals surface area contributed by atoms with Gasteiger partial charge in [0.2, 0.25) is 0 Å². The van der Waals surface area contributed by atoms with Crippen molar-refractivity contribution in [1.29, 1.82) is 0 Å². The van der Waals surface area contributed by atoms with Crippen molar-refractivity contribution in [2.45, 2.75) is 19.1 Å². The number of nitrogens with zero attached hydrogens (tertiary/aromatic N) is 3. The van der Waals surface area contributed by atoms with E-state index in [2.05, 4.69) is 15.4 Å². The number of hydrogen-bond donors (Lipinski definition) is 2. The molecule has 3 rings (SSSR count). The molecule has 1 aromatic carbocycles. The van der Waals surface area contributed by atoms with Crippen molar-refractivity contribution in [2.75, 3.05) is 11.9 Å². The van der Waals surface area contributed by atoms with Crippen LogP contribution < -0.4 is 15.7 Å². The van der Waals surface area contributed by atoms with E-state index in [0.29, 0.717) is 23.7 Å². The summed E-state index contributed by atoms with van der Waals surface area (Å²) in [5.41, 5.74) is 1.92. The molecule has 1 unspecified atom stereocenters. The summed E-state index contributed by atoms with van der Waals surface area (Å²) in [6, 6.07) is 12.1. The molecule has 8 heteroatoms. The molecular formula is C19H19ClN4O3. The zero-order valence-corrected chi connectivity index (χ0v) is 15.2. The van der Waals surface area contributed by atoms with Crippen molar-refractivity contribution in [3.05, 3.63) is 87.6 Å². The number of pyridine rings is 1. The molecule has 27 heavy (non-hydrogen) atoms. The van der Waals surface area contributed by atoms with E-state index in [1.54, 1.807) is 36.7 Å². The van der Waals surface area contributed by atoms with Crippen LogP contribution >= 0.6 is 11.6 Å². The van der Waals surface area contributed by atoms with Crippen molar-refractivity contribution < 1.29 is 9.94 Å². The Morgan fingerprint density at radius 3 is 2.74 bits per heavy atom. The third-order valence-electron chi connectivity index (χ3n) is 3.85. The first-order chi connectivity index (χ1) is 13.1. The number of nitrogens with one attached hydrogen (secondary N) is 1. The lowest BCUT2D eigenvalue weighted by atomic mass is 10.1. The Hall–Kier alpha value is -2.90. The Labute approximate surface area is 161 Å². The summed E-state index contributed by atoms with van der Waals surface area (Å²) in [6.07, 6.45) is 4.56. The molecule has 0 spiro atoms. The van der Waals surface area contributed by atoms with E-state index in [1.165, 1.54) is 12.3 Å². The molecule has 0 amide bonds. The van der Waals surface area contributed by atoms with Crippen LogP contribution in [0.5, 0.6) is 0 Å². The van der Waals surface area contributed by atoms with Crippen LogP contribution in [-0.2, 0) is 6.54 Å². The monoisotopic (exact) mass is 386 g/mol. The minimum atomic E-state index is -0.710. The van der Waals surface area contributed by atoms with E-state index >= 15 is 0 Å². The highest BCUT2D eigenvalue weighted by atomic mass is 35.5. The number of aliphatic hydroxyl groups is 1. The third-order valence-corrected chi connectivity index (χ3v) is 4.10. The topological polar surface area (TPSA) is 89.3 Å². The molecular weight excluding hydrogens is 368 g/mol. The molecule has 0 aliphatic heterocycles. The lowest BCUT2D eigenvalue weighted by Gasteiger charge is -2.12. The average molecular weight is 387 g/mol. The fourth-order valence-electron chi connectivity index (χ4n) is 2.40. The van der Waals surface area contributed by atoms with Gasteiger partial charge in [0.15, 0.2) is 0 Å². The van der Waals surface area contributed by atoms with Crippen LogP contribution in [-0.4, -0.2) is 26.6 Å². The smallest absolute Gasteiger partial charge is 0.305 e. The molecule has 7 nitrogen and oxygen atoms in total. The molecule has 0 radical (unpaired) electrons. The third kappa shape index (κ3) is 5.54. The molecule has 2 heterocycles. The summed E-state index contributed by atoms with van der Waals surface area (Å²) in [5.74, 6) is 0. The highest BCUT2D eigenvalue weighted by Gasteiger charge is 2.08. The predicted octanol–water partition coefficient (Wildman–Crippen LogP) is 2.46. The normalized spacial score (nSPS) is 11.8. The van der Waals surface area contributed by atoms with Crippen LogP contribution in [0, 0.1) is 0 Å². The molecule has 2 N–H and O–H groups in total. The maximum atomic E-state index is 12.1. The second-order valence-corrected chi connectivity index (χ2v) is 6.30. The average Bonchev–Trinajstić information content (AvgIpc) is 2.69. The van der Waals surface area contributed by atoms with Crippen molar-refractivity contribution in [3.8, 4) is 0 Å². The standard InChI is InChI=1S/C19H19ClN4O3/c20-16-5-3-15(4-6-16)18(25)7-9-27-24-19(26)10-17(13-23-24)22-12-14-2-1-8-21-11-14/h1-6,8,10-11,13,18,22,25H,7,9,12H2.